The summed E-state index contributed by atoms with van der Waals surface area (Å²) in [4.78, 5) is 39.6. The number of likely N-dealkylation sites (N-methyl/N-ethyl adjacent to an activating group) is 1. The highest BCUT2D eigenvalue weighted by atomic mass is 28.4. The Kier molecular flexibility index (Phi) is 12.2. The van der Waals surface area contributed by atoms with Crippen LogP contribution in [0.4, 0.5) is 4.79 Å². The Morgan fingerprint density at radius 2 is 1.70 bits per heavy atom. The first-order valence-corrected chi connectivity index (χ1v) is 20.2. The lowest BCUT2D eigenvalue weighted by Gasteiger charge is -2.40. The molecule has 13 heteroatoms. The lowest BCUT2D eigenvalue weighted by atomic mass is 10.1. The van der Waals surface area contributed by atoms with E-state index < -0.39 is 26.1 Å². The first-order valence-electron chi connectivity index (χ1n) is 17.3. The van der Waals surface area contributed by atoms with Gasteiger partial charge in [0, 0.05) is 38.9 Å². The number of aryl methyl sites for hydroxylation is 2. The summed E-state index contributed by atoms with van der Waals surface area (Å²) in [6, 6.07) is 9.22. The Hall–Kier alpha value is -3.81. The third kappa shape index (κ3) is 9.91. The van der Waals surface area contributed by atoms with Crippen molar-refractivity contribution in [3.05, 3.63) is 47.5 Å². The van der Waals surface area contributed by atoms with Crippen LogP contribution in [-0.4, -0.2) is 103 Å². The molecular formula is C37H55N5O7Si. The fourth-order valence-electron chi connectivity index (χ4n) is 5.43. The van der Waals surface area contributed by atoms with E-state index in [-0.39, 0.29) is 35.8 Å². The fraction of sp³-hybridized carbons (Fsp3) is 0.595. The van der Waals surface area contributed by atoms with Crippen LogP contribution in [0, 0.1) is 13.8 Å². The number of carbonyl (C=O) groups excluding carboxylic acids is 2. The van der Waals surface area contributed by atoms with Crippen LogP contribution in [0.1, 0.15) is 76.3 Å². The highest BCUT2D eigenvalue weighted by molar-refractivity contribution is 6.74. The lowest BCUT2D eigenvalue weighted by Crippen LogP contribution is -2.49. The molecule has 4 rings (SSSR count). The minimum atomic E-state index is -2.23. The van der Waals surface area contributed by atoms with Crippen molar-refractivity contribution in [2.45, 2.75) is 104 Å². The number of benzene rings is 1. The van der Waals surface area contributed by atoms with Crippen molar-refractivity contribution in [1.82, 2.24) is 24.9 Å². The van der Waals surface area contributed by atoms with Gasteiger partial charge in [0.1, 0.15) is 29.4 Å². The zero-order chi connectivity index (χ0) is 37.0. The molecule has 1 aliphatic rings. The van der Waals surface area contributed by atoms with Crippen molar-refractivity contribution in [2.75, 3.05) is 40.5 Å². The predicted molar refractivity (Wildman–Crippen MR) is 195 cm³/mol. The molecular weight excluding hydrogens is 655 g/mol. The van der Waals surface area contributed by atoms with Gasteiger partial charge in [0.2, 0.25) is 0 Å². The van der Waals surface area contributed by atoms with Crippen molar-refractivity contribution in [1.29, 1.82) is 0 Å². The van der Waals surface area contributed by atoms with Crippen LogP contribution in [0.25, 0.3) is 22.6 Å². The minimum Gasteiger partial charge on any atom is -0.491 e. The second-order valence-corrected chi connectivity index (χ2v) is 20.4. The monoisotopic (exact) mass is 709 g/mol. The number of aromatic nitrogens is 3. The van der Waals surface area contributed by atoms with Crippen LogP contribution < -0.4 is 4.74 Å². The molecule has 2 amide bonds. The second-order valence-electron chi connectivity index (χ2n) is 15.6. The molecule has 1 fully saturated rings. The first kappa shape index (κ1) is 39.0. The van der Waals surface area contributed by atoms with Crippen molar-refractivity contribution < 1.29 is 32.7 Å². The average Bonchev–Trinajstić information content (AvgIpc) is 3.38. The summed E-state index contributed by atoms with van der Waals surface area (Å²) < 4.78 is 29.7. The van der Waals surface area contributed by atoms with Gasteiger partial charge in [0.05, 0.1) is 29.6 Å². The van der Waals surface area contributed by atoms with E-state index in [1.807, 2.05) is 65.9 Å². The number of nitrogens with zero attached hydrogens (tertiary/aromatic N) is 5. The molecule has 0 spiro atoms. The van der Waals surface area contributed by atoms with E-state index in [0.29, 0.717) is 47.5 Å². The van der Waals surface area contributed by atoms with E-state index in [4.69, 9.17) is 33.1 Å². The van der Waals surface area contributed by atoms with Gasteiger partial charge < -0.3 is 33.0 Å². The molecule has 0 bridgehead atoms. The largest absolute Gasteiger partial charge is 0.491 e. The summed E-state index contributed by atoms with van der Waals surface area (Å²) in [6.45, 7) is 21.8. The standard InChI is InChI=1S/C37H55N5O7Si/c1-24-32(25(2)48-40-24)30-21-31(34(43)42(10)27-16-18-45-19-17-27)39-33(38-30)26-14-13-15-28(20-26)46-23-29(49-50(11,12)37(6,7)8)22-41(9)35(44)47-36(3,4)5/h13-15,20-21,27,29H,16-19,22-23H2,1-12H3. The molecule has 2 aromatic heterocycles. The molecule has 12 nitrogen and oxygen atoms in total. The van der Waals surface area contributed by atoms with E-state index in [0.717, 1.165) is 18.4 Å². The number of amides is 2. The molecule has 1 saturated heterocycles. The minimum absolute atomic E-state index is 0.0484. The zero-order valence-electron chi connectivity index (χ0n) is 31.9. The Morgan fingerprint density at radius 3 is 2.30 bits per heavy atom. The summed E-state index contributed by atoms with van der Waals surface area (Å²) >= 11 is 0. The SMILES string of the molecule is Cc1noc(C)c1-c1cc(C(=O)N(C)C2CCOCC2)nc(-c2cccc(OCC(CN(C)C(=O)OC(C)(C)C)O[Si](C)(C)C(C)(C)C)c2)n1. The van der Waals surface area contributed by atoms with Crippen LogP contribution in [0.5, 0.6) is 5.75 Å². The normalized spacial score (nSPS) is 15.0. The van der Waals surface area contributed by atoms with Crippen LogP contribution >= 0.6 is 0 Å². The quantitative estimate of drug-likeness (QED) is 0.187. The Morgan fingerprint density at radius 1 is 1.02 bits per heavy atom. The Bertz CT molecular complexity index is 1620. The molecule has 0 N–H and O–H groups in total. The van der Waals surface area contributed by atoms with Crippen molar-refractivity contribution in [3.8, 4) is 28.4 Å². The summed E-state index contributed by atoms with van der Waals surface area (Å²) in [5.41, 5.74) is 2.28. The molecule has 1 atom stereocenters. The van der Waals surface area contributed by atoms with Crippen molar-refractivity contribution in [3.63, 3.8) is 0 Å². The van der Waals surface area contributed by atoms with Gasteiger partial charge in [-0.25, -0.2) is 14.8 Å². The summed E-state index contributed by atoms with van der Waals surface area (Å²) in [7, 11) is 1.28. The summed E-state index contributed by atoms with van der Waals surface area (Å²) in [5.74, 6) is 1.35. The Balaban J connectivity index is 1.64. The van der Waals surface area contributed by atoms with Gasteiger partial charge in [-0.1, -0.05) is 38.1 Å². The molecule has 3 aromatic rings. The molecule has 1 aromatic carbocycles. The number of hydrogen-bond acceptors (Lipinski definition) is 10. The molecule has 0 saturated carbocycles. The van der Waals surface area contributed by atoms with Crippen molar-refractivity contribution >= 4 is 20.3 Å². The average molecular weight is 710 g/mol. The van der Waals surface area contributed by atoms with Gasteiger partial charge in [-0.3, -0.25) is 4.79 Å². The predicted octanol–water partition coefficient (Wildman–Crippen LogP) is 7.30. The van der Waals surface area contributed by atoms with E-state index >= 15 is 0 Å². The van der Waals surface area contributed by atoms with Gasteiger partial charge in [0.25, 0.3) is 5.91 Å². The van der Waals surface area contributed by atoms with E-state index in [9.17, 15) is 9.59 Å². The topological polar surface area (TPSA) is 129 Å². The van der Waals surface area contributed by atoms with E-state index in [1.54, 1.807) is 18.0 Å². The van der Waals surface area contributed by atoms with Crippen molar-refractivity contribution in [2.24, 2.45) is 0 Å². The number of hydrogen-bond donors (Lipinski definition) is 0. The maximum absolute atomic E-state index is 13.8. The maximum atomic E-state index is 13.8. The third-order valence-electron chi connectivity index (χ3n) is 9.27. The molecule has 274 valence electrons. The maximum Gasteiger partial charge on any atom is 0.410 e. The highest BCUT2D eigenvalue weighted by Crippen LogP contribution is 2.37. The summed E-state index contributed by atoms with van der Waals surface area (Å²) in [6.07, 6.45) is 0.696. The van der Waals surface area contributed by atoms with Crippen LogP contribution in [-0.2, 0) is 13.9 Å². The van der Waals surface area contributed by atoms with Crippen LogP contribution in [0.2, 0.25) is 18.1 Å². The van der Waals surface area contributed by atoms with Gasteiger partial charge >= 0.3 is 6.09 Å². The fourth-order valence-corrected chi connectivity index (χ4v) is 6.76. The number of carbonyl (C=O) groups is 2. The summed E-state index contributed by atoms with van der Waals surface area (Å²) in [5, 5.41) is 4.07. The molecule has 3 heterocycles. The molecule has 0 aliphatic carbocycles. The third-order valence-corrected chi connectivity index (χ3v) is 13.8. The van der Waals surface area contributed by atoms with Gasteiger partial charge in [-0.2, -0.15) is 0 Å². The smallest absolute Gasteiger partial charge is 0.410 e. The van der Waals surface area contributed by atoms with Gasteiger partial charge in [-0.05, 0) is 83.8 Å². The number of ether oxygens (including phenoxy) is 3. The van der Waals surface area contributed by atoms with Gasteiger partial charge in [0.15, 0.2) is 14.1 Å². The molecule has 1 unspecified atom stereocenters. The van der Waals surface area contributed by atoms with Crippen LogP contribution in [0.15, 0.2) is 34.9 Å². The Labute approximate surface area is 298 Å². The van der Waals surface area contributed by atoms with Gasteiger partial charge in [-0.15, -0.1) is 0 Å². The molecule has 50 heavy (non-hydrogen) atoms. The second kappa shape index (κ2) is 15.6. The zero-order valence-corrected chi connectivity index (χ0v) is 32.9. The van der Waals surface area contributed by atoms with Crippen LogP contribution in [0.3, 0.4) is 0 Å². The van der Waals surface area contributed by atoms with E-state index in [1.165, 1.54) is 4.90 Å². The first-order chi connectivity index (χ1) is 23.3. The highest BCUT2D eigenvalue weighted by Gasteiger charge is 2.40. The molecule has 1 aliphatic heterocycles. The number of rotatable bonds is 11. The lowest BCUT2D eigenvalue weighted by molar-refractivity contribution is 0.0172. The van der Waals surface area contributed by atoms with E-state index in [2.05, 4.69) is 39.0 Å². The molecule has 0 radical (unpaired) electrons.